The number of amides is 1. The van der Waals surface area contributed by atoms with E-state index in [-0.39, 0.29) is 18.6 Å². The zero-order valence-corrected chi connectivity index (χ0v) is 17.3. The number of aliphatic hydroxyl groups is 1. The summed E-state index contributed by atoms with van der Waals surface area (Å²) >= 11 is 6.11. The first-order valence-corrected chi connectivity index (χ1v) is 9.87. The predicted molar refractivity (Wildman–Crippen MR) is 116 cm³/mol. The summed E-state index contributed by atoms with van der Waals surface area (Å²) in [6.45, 7) is 1.66. The van der Waals surface area contributed by atoms with Crippen LogP contribution in [0.4, 0.5) is 17.1 Å². The Labute approximate surface area is 175 Å². The van der Waals surface area contributed by atoms with Gasteiger partial charge in [-0.25, -0.2) is 0 Å². The van der Waals surface area contributed by atoms with Gasteiger partial charge in [0.25, 0.3) is 0 Å². The normalized spacial score (nSPS) is 14.4. The monoisotopic (exact) mass is 419 g/mol. The van der Waals surface area contributed by atoms with Crippen molar-refractivity contribution in [1.29, 1.82) is 0 Å². The summed E-state index contributed by atoms with van der Waals surface area (Å²) in [6.07, 6.45) is 1.25. The van der Waals surface area contributed by atoms with Gasteiger partial charge in [0.2, 0.25) is 5.91 Å². The zero-order chi connectivity index (χ0) is 20.8. The van der Waals surface area contributed by atoms with Crippen molar-refractivity contribution in [3.63, 3.8) is 0 Å². The van der Waals surface area contributed by atoms with Crippen LogP contribution in [0.15, 0.2) is 36.4 Å². The van der Waals surface area contributed by atoms with Crippen molar-refractivity contribution in [2.24, 2.45) is 0 Å². The summed E-state index contributed by atoms with van der Waals surface area (Å²) in [5, 5.41) is 16.2. The smallest absolute Gasteiger partial charge is 0.243 e. The highest BCUT2D eigenvalue weighted by Crippen LogP contribution is 2.36. The fourth-order valence-corrected chi connectivity index (χ4v) is 3.56. The van der Waals surface area contributed by atoms with Crippen LogP contribution in [-0.2, 0) is 4.79 Å². The molecule has 8 heteroatoms. The lowest BCUT2D eigenvalue weighted by molar-refractivity contribution is -0.114. The Hall–Kier alpha value is -2.64. The van der Waals surface area contributed by atoms with E-state index in [4.69, 9.17) is 21.1 Å². The molecule has 1 fully saturated rings. The van der Waals surface area contributed by atoms with Crippen molar-refractivity contribution in [3.8, 4) is 11.5 Å². The molecule has 1 saturated heterocycles. The van der Waals surface area contributed by atoms with Crippen LogP contribution in [-0.4, -0.2) is 51.0 Å². The van der Waals surface area contributed by atoms with Gasteiger partial charge in [0, 0.05) is 25.2 Å². The minimum Gasteiger partial charge on any atom is -0.495 e. The standard InChI is InChI=1S/C21H26ClN3O4/c1-28-19-12-17(20(29-2)11-15(19)22)24-21(27)13-23-16-5-3-4-6-18(16)25-9-7-14(26)8-10-25/h3-6,11-12,14,23,26H,7-10,13H2,1-2H3,(H,24,27). The molecular weight excluding hydrogens is 394 g/mol. The lowest BCUT2D eigenvalue weighted by Crippen LogP contribution is -2.36. The van der Waals surface area contributed by atoms with Crippen molar-refractivity contribution < 1.29 is 19.4 Å². The minimum atomic E-state index is -0.233. The van der Waals surface area contributed by atoms with E-state index in [9.17, 15) is 9.90 Å². The fourth-order valence-electron chi connectivity index (χ4n) is 3.33. The van der Waals surface area contributed by atoms with Crippen molar-refractivity contribution in [1.82, 2.24) is 0 Å². The highest BCUT2D eigenvalue weighted by molar-refractivity contribution is 6.32. The SMILES string of the molecule is COc1cc(NC(=O)CNc2ccccc2N2CCC(O)CC2)c(OC)cc1Cl. The summed E-state index contributed by atoms with van der Waals surface area (Å²) in [6, 6.07) is 11.1. The Morgan fingerprint density at radius 3 is 2.52 bits per heavy atom. The van der Waals surface area contributed by atoms with Crippen LogP contribution in [0.1, 0.15) is 12.8 Å². The first kappa shape index (κ1) is 21.1. The lowest BCUT2D eigenvalue weighted by atomic mass is 10.1. The second-order valence-corrected chi connectivity index (χ2v) is 7.23. The largest absolute Gasteiger partial charge is 0.495 e. The third kappa shape index (κ3) is 5.25. The van der Waals surface area contributed by atoms with E-state index in [1.165, 1.54) is 14.2 Å². The molecule has 0 aromatic heterocycles. The fraction of sp³-hybridized carbons (Fsp3) is 0.381. The minimum absolute atomic E-state index is 0.0849. The molecule has 0 spiro atoms. The third-order valence-electron chi connectivity index (χ3n) is 4.90. The quantitative estimate of drug-likeness (QED) is 0.638. The molecule has 0 bridgehead atoms. The van der Waals surface area contributed by atoms with Crippen LogP contribution in [0.5, 0.6) is 11.5 Å². The number of ether oxygens (including phenoxy) is 2. The van der Waals surface area contributed by atoms with Gasteiger partial charge in [-0.1, -0.05) is 23.7 Å². The van der Waals surface area contributed by atoms with E-state index in [1.807, 2.05) is 24.3 Å². The van der Waals surface area contributed by atoms with Crippen LogP contribution in [0.2, 0.25) is 5.02 Å². The average Bonchev–Trinajstić information content (AvgIpc) is 2.74. The van der Waals surface area contributed by atoms with Crippen LogP contribution in [0, 0.1) is 0 Å². The Balaban J connectivity index is 1.66. The van der Waals surface area contributed by atoms with Gasteiger partial charge < -0.3 is 30.1 Å². The molecule has 0 aliphatic carbocycles. The molecule has 0 atom stereocenters. The molecule has 1 amide bonds. The number of carbonyl (C=O) groups is 1. The Morgan fingerprint density at radius 2 is 1.83 bits per heavy atom. The number of hydrogen-bond acceptors (Lipinski definition) is 6. The molecule has 7 nitrogen and oxygen atoms in total. The van der Waals surface area contributed by atoms with Gasteiger partial charge in [-0.2, -0.15) is 0 Å². The van der Waals surface area contributed by atoms with E-state index < -0.39 is 0 Å². The number of nitrogens with one attached hydrogen (secondary N) is 2. The summed E-state index contributed by atoms with van der Waals surface area (Å²) in [5.74, 6) is 0.682. The van der Waals surface area contributed by atoms with Crippen molar-refractivity contribution in [3.05, 3.63) is 41.4 Å². The van der Waals surface area contributed by atoms with Gasteiger partial charge in [0.1, 0.15) is 11.5 Å². The van der Waals surface area contributed by atoms with E-state index in [0.29, 0.717) is 22.2 Å². The number of para-hydroxylation sites is 2. The molecule has 156 valence electrons. The zero-order valence-electron chi connectivity index (χ0n) is 16.6. The van der Waals surface area contributed by atoms with E-state index >= 15 is 0 Å². The van der Waals surface area contributed by atoms with E-state index in [2.05, 4.69) is 15.5 Å². The van der Waals surface area contributed by atoms with Crippen LogP contribution >= 0.6 is 11.6 Å². The maximum atomic E-state index is 12.5. The number of benzene rings is 2. The topological polar surface area (TPSA) is 83.1 Å². The molecule has 3 rings (SSSR count). The van der Waals surface area contributed by atoms with Crippen LogP contribution < -0.4 is 25.0 Å². The lowest BCUT2D eigenvalue weighted by Gasteiger charge is -2.32. The van der Waals surface area contributed by atoms with Crippen LogP contribution in [0.3, 0.4) is 0 Å². The molecule has 29 heavy (non-hydrogen) atoms. The number of methoxy groups -OCH3 is 2. The molecule has 3 N–H and O–H groups in total. The van der Waals surface area contributed by atoms with Gasteiger partial charge in [-0.05, 0) is 25.0 Å². The number of rotatable bonds is 7. The summed E-state index contributed by atoms with van der Waals surface area (Å²) < 4.78 is 10.5. The third-order valence-corrected chi connectivity index (χ3v) is 5.19. The number of aliphatic hydroxyl groups excluding tert-OH is 1. The highest BCUT2D eigenvalue weighted by atomic mass is 35.5. The van der Waals surface area contributed by atoms with Gasteiger partial charge in [-0.15, -0.1) is 0 Å². The van der Waals surface area contributed by atoms with Gasteiger partial charge in [-0.3, -0.25) is 4.79 Å². The maximum absolute atomic E-state index is 12.5. The molecule has 2 aromatic carbocycles. The Bertz CT molecular complexity index is 854. The maximum Gasteiger partial charge on any atom is 0.243 e. The highest BCUT2D eigenvalue weighted by Gasteiger charge is 2.19. The predicted octanol–water partition coefficient (Wildman–Crippen LogP) is 3.37. The molecule has 1 heterocycles. The molecule has 1 aliphatic heterocycles. The average molecular weight is 420 g/mol. The summed E-state index contributed by atoms with van der Waals surface area (Å²) in [7, 11) is 3.02. The number of hydrogen-bond donors (Lipinski definition) is 3. The van der Waals surface area contributed by atoms with E-state index in [1.54, 1.807) is 12.1 Å². The molecular formula is C21H26ClN3O4. The number of nitrogens with zero attached hydrogens (tertiary/aromatic N) is 1. The summed E-state index contributed by atoms with van der Waals surface area (Å²) in [4.78, 5) is 14.7. The summed E-state index contributed by atoms with van der Waals surface area (Å²) in [5.41, 5.74) is 2.39. The van der Waals surface area contributed by atoms with Crippen molar-refractivity contribution in [2.45, 2.75) is 18.9 Å². The van der Waals surface area contributed by atoms with E-state index in [0.717, 1.165) is 37.3 Å². The number of halogens is 1. The molecule has 2 aromatic rings. The van der Waals surface area contributed by atoms with Gasteiger partial charge in [0.05, 0.1) is 49.0 Å². The van der Waals surface area contributed by atoms with Crippen molar-refractivity contribution in [2.75, 3.05) is 49.4 Å². The first-order chi connectivity index (χ1) is 14.0. The van der Waals surface area contributed by atoms with Crippen LogP contribution in [0.25, 0.3) is 0 Å². The molecule has 0 radical (unpaired) electrons. The Kier molecular flexibility index (Phi) is 7.06. The number of anilines is 3. The number of piperidine rings is 1. The molecule has 1 aliphatic rings. The number of carbonyl (C=O) groups excluding carboxylic acids is 1. The molecule has 0 saturated carbocycles. The van der Waals surface area contributed by atoms with Crippen molar-refractivity contribution >= 4 is 34.6 Å². The first-order valence-electron chi connectivity index (χ1n) is 9.49. The molecule has 0 unspecified atom stereocenters. The second-order valence-electron chi connectivity index (χ2n) is 6.82. The second kappa shape index (κ2) is 9.71. The van der Waals surface area contributed by atoms with Gasteiger partial charge >= 0.3 is 0 Å². The van der Waals surface area contributed by atoms with Gasteiger partial charge in [0.15, 0.2) is 0 Å². The Morgan fingerprint density at radius 1 is 1.14 bits per heavy atom.